The highest BCUT2D eigenvalue weighted by molar-refractivity contribution is 5.99. The van der Waals surface area contributed by atoms with Crippen molar-refractivity contribution in [2.24, 2.45) is 0 Å². The summed E-state index contributed by atoms with van der Waals surface area (Å²) in [7, 11) is 0. The first-order chi connectivity index (χ1) is 19.7. The fourth-order valence-corrected chi connectivity index (χ4v) is 5.02. The summed E-state index contributed by atoms with van der Waals surface area (Å²) in [6.45, 7) is 6.68. The lowest BCUT2D eigenvalue weighted by Crippen LogP contribution is -2.27. The molecule has 1 aromatic heterocycles. The molecule has 6 heteroatoms. The second-order valence-corrected chi connectivity index (χ2v) is 10.4. The van der Waals surface area contributed by atoms with Crippen molar-refractivity contribution >= 4 is 22.8 Å². The molecule has 5 aromatic rings. The molecule has 0 spiro atoms. The lowest BCUT2D eigenvalue weighted by Gasteiger charge is -2.16. The van der Waals surface area contributed by atoms with Crippen LogP contribution in [-0.2, 0) is 6.54 Å². The summed E-state index contributed by atoms with van der Waals surface area (Å²) in [6.07, 6.45) is 5.82. The van der Waals surface area contributed by atoms with Crippen LogP contribution in [0.4, 0.5) is 0 Å². The predicted molar refractivity (Wildman–Crippen MR) is 162 cm³/mol. The highest BCUT2D eigenvalue weighted by Crippen LogP contribution is 2.26. The molecular formula is C35H31N3O3. The zero-order valence-corrected chi connectivity index (χ0v) is 23.3. The van der Waals surface area contributed by atoms with Crippen LogP contribution >= 0.6 is 0 Å². The Balaban J connectivity index is 1.39. The Morgan fingerprint density at radius 3 is 2.39 bits per heavy atom. The number of hydrogen-bond donors (Lipinski definition) is 2. The first-order valence-electron chi connectivity index (χ1n) is 13.5. The molecule has 1 heterocycles. The molecule has 6 nitrogen and oxygen atoms in total. The van der Waals surface area contributed by atoms with E-state index in [1.807, 2.05) is 72.3 Å². The molecule has 0 aliphatic rings. The van der Waals surface area contributed by atoms with Gasteiger partial charge in [-0.1, -0.05) is 92.6 Å². The van der Waals surface area contributed by atoms with E-state index in [0.717, 1.165) is 38.9 Å². The van der Waals surface area contributed by atoms with Gasteiger partial charge in [-0.15, -0.1) is 6.42 Å². The van der Waals surface area contributed by atoms with Crippen LogP contribution in [0, 0.1) is 19.3 Å². The number of carbonyl (C=O) groups excluding carboxylic acids is 1. The standard InChI is InChI=1S/C35H31N3O3/c1-5-32(27-10-8-9-26(19-27)22(2)3)36-34(39)28-17-18-29-23(4)37-38(33(29)20-28)21-24-13-15-25(16-14-24)30-11-6-7-12-31(30)35(40)41/h1,6-20,22,32H,21H2,2-4H3,(H,36,39)(H,40,41)/t32-/m0/s1. The lowest BCUT2D eigenvalue weighted by atomic mass is 9.97. The van der Waals surface area contributed by atoms with Gasteiger partial charge in [0.05, 0.1) is 23.3 Å². The molecule has 0 saturated carbocycles. The second-order valence-electron chi connectivity index (χ2n) is 10.4. The van der Waals surface area contributed by atoms with E-state index in [4.69, 9.17) is 11.5 Å². The average molecular weight is 542 g/mol. The largest absolute Gasteiger partial charge is 0.478 e. The molecule has 41 heavy (non-hydrogen) atoms. The summed E-state index contributed by atoms with van der Waals surface area (Å²) < 4.78 is 1.88. The van der Waals surface area contributed by atoms with Crippen molar-refractivity contribution in [2.75, 3.05) is 0 Å². The van der Waals surface area contributed by atoms with Gasteiger partial charge < -0.3 is 10.4 Å². The highest BCUT2D eigenvalue weighted by Gasteiger charge is 2.17. The summed E-state index contributed by atoms with van der Waals surface area (Å²) in [5, 5.41) is 18.2. The maximum absolute atomic E-state index is 13.3. The molecule has 5 rings (SSSR count). The molecule has 0 aliphatic carbocycles. The van der Waals surface area contributed by atoms with Gasteiger partial charge >= 0.3 is 5.97 Å². The summed E-state index contributed by atoms with van der Waals surface area (Å²) in [5.41, 5.74) is 7.01. The lowest BCUT2D eigenvalue weighted by molar-refractivity contribution is 0.0697. The van der Waals surface area contributed by atoms with Crippen molar-refractivity contribution in [2.45, 2.75) is 39.3 Å². The van der Waals surface area contributed by atoms with E-state index in [1.54, 1.807) is 24.3 Å². The fraction of sp³-hybridized carbons (Fsp3) is 0.171. The van der Waals surface area contributed by atoms with Crippen LogP contribution in [0.3, 0.4) is 0 Å². The monoisotopic (exact) mass is 541 g/mol. The Bertz CT molecular complexity index is 1790. The average Bonchev–Trinajstić information content (AvgIpc) is 3.30. The minimum atomic E-state index is -0.958. The third-order valence-corrected chi connectivity index (χ3v) is 7.31. The van der Waals surface area contributed by atoms with Crippen molar-refractivity contribution in [3.8, 4) is 23.5 Å². The van der Waals surface area contributed by atoms with E-state index in [1.165, 1.54) is 0 Å². The molecule has 0 unspecified atom stereocenters. The molecule has 4 aromatic carbocycles. The summed E-state index contributed by atoms with van der Waals surface area (Å²) in [4.78, 5) is 24.9. The fourth-order valence-electron chi connectivity index (χ4n) is 5.02. The van der Waals surface area contributed by atoms with Gasteiger partial charge in [0.1, 0.15) is 6.04 Å². The van der Waals surface area contributed by atoms with Crippen LogP contribution < -0.4 is 5.32 Å². The number of carbonyl (C=O) groups is 2. The Kier molecular flexibility index (Phi) is 7.71. The van der Waals surface area contributed by atoms with Crippen molar-refractivity contribution in [3.05, 3.63) is 125 Å². The van der Waals surface area contributed by atoms with Gasteiger partial charge in [0.25, 0.3) is 5.91 Å². The van der Waals surface area contributed by atoms with E-state index in [2.05, 4.69) is 31.2 Å². The van der Waals surface area contributed by atoms with Crippen LogP contribution in [0.2, 0.25) is 0 Å². The second kappa shape index (κ2) is 11.5. The molecule has 0 aliphatic heterocycles. The van der Waals surface area contributed by atoms with Crippen LogP contribution in [0.5, 0.6) is 0 Å². The van der Waals surface area contributed by atoms with Crippen molar-refractivity contribution in [1.82, 2.24) is 15.1 Å². The summed E-state index contributed by atoms with van der Waals surface area (Å²) in [6, 6.07) is 27.7. The van der Waals surface area contributed by atoms with Crippen molar-refractivity contribution in [1.29, 1.82) is 0 Å². The molecule has 2 N–H and O–H groups in total. The van der Waals surface area contributed by atoms with Crippen LogP contribution in [0.25, 0.3) is 22.0 Å². The van der Waals surface area contributed by atoms with E-state index < -0.39 is 12.0 Å². The molecule has 0 radical (unpaired) electrons. The number of nitrogens with zero attached hydrogens (tertiary/aromatic N) is 2. The zero-order chi connectivity index (χ0) is 29.1. The normalized spacial score (nSPS) is 11.8. The Morgan fingerprint density at radius 2 is 1.68 bits per heavy atom. The number of nitrogens with one attached hydrogen (secondary N) is 1. The smallest absolute Gasteiger partial charge is 0.336 e. The quantitative estimate of drug-likeness (QED) is 0.208. The van der Waals surface area contributed by atoms with Crippen LogP contribution in [0.1, 0.15) is 68.9 Å². The number of aromatic nitrogens is 2. The molecule has 0 saturated heterocycles. The number of fused-ring (bicyclic) bond motifs is 1. The van der Waals surface area contributed by atoms with E-state index >= 15 is 0 Å². The Morgan fingerprint density at radius 1 is 0.951 bits per heavy atom. The number of carboxylic acids is 1. The number of rotatable bonds is 8. The van der Waals surface area contributed by atoms with E-state index in [-0.39, 0.29) is 11.5 Å². The maximum atomic E-state index is 13.3. The third-order valence-electron chi connectivity index (χ3n) is 7.31. The first kappa shape index (κ1) is 27.4. The van der Waals surface area contributed by atoms with Gasteiger partial charge in [-0.05, 0) is 58.9 Å². The third kappa shape index (κ3) is 5.75. The van der Waals surface area contributed by atoms with Gasteiger partial charge in [-0.3, -0.25) is 9.48 Å². The summed E-state index contributed by atoms with van der Waals surface area (Å²) in [5.74, 6) is 1.86. The number of aromatic carboxylic acids is 1. The van der Waals surface area contributed by atoms with Gasteiger partial charge in [0.2, 0.25) is 0 Å². The maximum Gasteiger partial charge on any atom is 0.336 e. The molecule has 1 amide bonds. The molecule has 0 fully saturated rings. The van der Waals surface area contributed by atoms with Crippen molar-refractivity contribution < 1.29 is 14.7 Å². The van der Waals surface area contributed by atoms with Gasteiger partial charge in [0.15, 0.2) is 0 Å². The highest BCUT2D eigenvalue weighted by atomic mass is 16.4. The minimum absolute atomic E-state index is 0.253. The Labute approximate surface area is 239 Å². The number of carboxylic acid groups (broad SMARTS) is 1. The van der Waals surface area contributed by atoms with Crippen molar-refractivity contribution in [3.63, 3.8) is 0 Å². The van der Waals surface area contributed by atoms with Crippen LogP contribution in [0.15, 0.2) is 91.0 Å². The number of aryl methyl sites for hydroxylation is 1. The molecule has 0 bridgehead atoms. The number of terminal acetylenes is 1. The zero-order valence-electron chi connectivity index (χ0n) is 23.3. The first-order valence-corrected chi connectivity index (χ1v) is 13.5. The number of hydrogen-bond acceptors (Lipinski definition) is 3. The number of benzene rings is 4. The summed E-state index contributed by atoms with van der Waals surface area (Å²) >= 11 is 0. The number of amides is 1. The van der Waals surface area contributed by atoms with Gasteiger partial charge in [-0.25, -0.2) is 4.79 Å². The van der Waals surface area contributed by atoms with Crippen LogP contribution in [-0.4, -0.2) is 26.8 Å². The SMILES string of the molecule is C#C[C@H](NC(=O)c1ccc2c(C)nn(Cc3ccc(-c4ccccc4C(=O)O)cc3)c2c1)c1cccc(C(C)C)c1. The molecule has 204 valence electrons. The minimum Gasteiger partial charge on any atom is -0.478 e. The van der Waals surface area contributed by atoms with Gasteiger partial charge in [-0.2, -0.15) is 5.10 Å². The van der Waals surface area contributed by atoms with E-state index in [0.29, 0.717) is 23.6 Å². The topological polar surface area (TPSA) is 84.2 Å². The Hall–Kier alpha value is -5.15. The van der Waals surface area contributed by atoms with E-state index in [9.17, 15) is 14.7 Å². The predicted octanol–water partition coefficient (Wildman–Crippen LogP) is 6.99. The molecule has 1 atom stereocenters. The van der Waals surface area contributed by atoms with Gasteiger partial charge in [0, 0.05) is 10.9 Å². The molecular weight excluding hydrogens is 510 g/mol.